The number of carbonyl (C=O) groups excluding carboxylic acids is 1. The second kappa shape index (κ2) is 9.68. The summed E-state index contributed by atoms with van der Waals surface area (Å²) < 4.78 is 5.55. The maximum atomic E-state index is 13.5. The lowest BCUT2D eigenvalue weighted by atomic mass is 10.0. The molecule has 3 atom stereocenters. The molecule has 2 aromatic rings. The van der Waals surface area contributed by atoms with Crippen molar-refractivity contribution in [3.8, 4) is 0 Å². The van der Waals surface area contributed by atoms with Crippen LogP contribution in [-0.2, 0) is 17.8 Å². The summed E-state index contributed by atoms with van der Waals surface area (Å²) in [6, 6.07) is 21.5. The Morgan fingerprint density at radius 3 is 2.21 bits per heavy atom. The molecule has 2 aliphatic heterocycles. The van der Waals surface area contributed by atoms with Crippen molar-refractivity contribution in [2.24, 2.45) is 0 Å². The van der Waals surface area contributed by atoms with Gasteiger partial charge in [0.2, 0.25) is 0 Å². The van der Waals surface area contributed by atoms with Crippen LogP contribution in [0.2, 0.25) is 0 Å². The molecule has 4 nitrogen and oxygen atoms in total. The van der Waals surface area contributed by atoms with Crippen molar-refractivity contribution in [2.45, 2.75) is 50.2 Å². The van der Waals surface area contributed by atoms with Crippen LogP contribution in [0.25, 0.3) is 0 Å². The van der Waals surface area contributed by atoms with Crippen LogP contribution in [0.5, 0.6) is 0 Å². The smallest absolute Gasteiger partial charge is 0.321 e. The van der Waals surface area contributed by atoms with E-state index in [0.717, 1.165) is 31.8 Å². The third-order valence-corrected chi connectivity index (χ3v) is 7.36. The highest BCUT2D eigenvalue weighted by molar-refractivity contribution is 8.00. The first-order chi connectivity index (χ1) is 14.3. The van der Waals surface area contributed by atoms with Crippen LogP contribution < -0.4 is 0 Å². The second-order valence-electron chi connectivity index (χ2n) is 7.78. The summed E-state index contributed by atoms with van der Waals surface area (Å²) in [6.45, 7) is 5.00. The van der Waals surface area contributed by atoms with Gasteiger partial charge in [-0.15, -0.1) is 0 Å². The van der Waals surface area contributed by atoms with E-state index in [9.17, 15) is 4.79 Å². The van der Waals surface area contributed by atoms with E-state index in [0.29, 0.717) is 18.3 Å². The van der Waals surface area contributed by atoms with E-state index >= 15 is 0 Å². The lowest BCUT2D eigenvalue weighted by molar-refractivity contribution is 0.141. The first-order valence-electron chi connectivity index (χ1n) is 10.6. The molecule has 2 amide bonds. The van der Waals surface area contributed by atoms with Crippen molar-refractivity contribution in [1.29, 1.82) is 0 Å². The van der Waals surface area contributed by atoms with Gasteiger partial charge in [-0.05, 0) is 30.9 Å². The normalized spacial score (nSPS) is 23.6. The number of amides is 2. The summed E-state index contributed by atoms with van der Waals surface area (Å²) >= 11 is 2.03. The van der Waals surface area contributed by atoms with Crippen molar-refractivity contribution >= 4 is 17.8 Å². The average molecular weight is 411 g/mol. The summed E-state index contributed by atoms with van der Waals surface area (Å²) in [7, 11) is 0. The summed E-state index contributed by atoms with van der Waals surface area (Å²) in [5.74, 6) is 1.02. The summed E-state index contributed by atoms with van der Waals surface area (Å²) in [6.07, 6.45) is 2.16. The fourth-order valence-corrected chi connectivity index (χ4v) is 6.17. The molecule has 154 valence electrons. The number of fused-ring (bicyclic) bond motifs is 1. The van der Waals surface area contributed by atoms with Crippen molar-refractivity contribution < 1.29 is 9.53 Å². The monoisotopic (exact) mass is 410 g/mol. The van der Waals surface area contributed by atoms with Crippen LogP contribution in [0.15, 0.2) is 60.7 Å². The minimum Gasteiger partial charge on any atom is -0.382 e. The highest BCUT2D eigenvalue weighted by atomic mass is 32.2. The number of rotatable bonds is 9. The summed E-state index contributed by atoms with van der Waals surface area (Å²) in [5, 5.41) is 0.480. The van der Waals surface area contributed by atoms with Crippen molar-refractivity contribution in [1.82, 2.24) is 9.80 Å². The van der Waals surface area contributed by atoms with Crippen LogP contribution in [0, 0.1) is 0 Å². The van der Waals surface area contributed by atoms with E-state index in [4.69, 9.17) is 4.74 Å². The van der Waals surface area contributed by atoms with Gasteiger partial charge in [-0.25, -0.2) is 4.79 Å². The van der Waals surface area contributed by atoms with Crippen molar-refractivity contribution in [2.75, 3.05) is 19.0 Å². The van der Waals surface area contributed by atoms with Gasteiger partial charge in [-0.3, -0.25) is 0 Å². The Morgan fingerprint density at radius 2 is 1.59 bits per heavy atom. The van der Waals surface area contributed by atoms with Gasteiger partial charge in [0.15, 0.2) is 0 Å². The Kier molecular flexibility index (Phi) is 6.78. The van der Waals surface area contributed by atoms with E-state index < -0.39 is 0 Å². The van der Waals surface area contributed by atoms with Gasteiger partial charge < -0.3 is 14.5 Å². The molecule has 4 rings (SSSR count). The van der Waals surface area contributed by atoms with Crippen LogP contribution >= 0.6 is 11.8 Å². The Morgan fingerprint density at radius 1 is 0.966 bits per heavy atom. The number of hydrogen-bond donors (Lipinski definition) is 0. The number of hydrogen-bond acceptors (Lipinski definition) is 3. The SMILES string of the molecule is CCOCCCC1SC[C@@H]2[C@H]1N(Cc1ccccc1)C(=O)N2Cc1ccccc1. The predicted octanol–water partition coefficient (Wildman–Crippen LogP) is 4.79. The summed E-state index contributed by atoms with van der Waals surface area (Å²) in [5.41, 5.74) is 2.40. The molecule has 0 aromatic heterocycles. The van der Waals surface area contributed by atoms with E-state index in [1.54, 1.807) is 0 Å². The molecule has 2 fully saturated rings. The Bertz CT molecular complexity index is 786. The van der Waals surface area contributed by atoms with Crippen molar-refractivity contribution in [3.63, 3.8) is 0 Å². The van der Waals surface area contributed by atoms with Gasteiger partial charge in [0.1, 0.15) is 0 Å². The maximum absolute atomic E-state index is 13.5. The van der Waals surface area contributed by atoms with Crippen LogP contribution in [0.3, 0.4) is 0 Å². The van der Waals surface area contributed by atoms with Crippen LogP contribution in [0.4, 0.5) is 4.79 Å². The first-order valence-corrected chi connectivity index (χ1v) is 11.7. The van der Waals surface area contributed by atoms with Crippen LogP contribution in [-0.4, -0.2) is 52.1 Å². The van der Waals surface area contributed by atoms with Gasteiger partial charge in [0.25, 0.3) is 0 Å². The number of benzene rings is 2. The standard InChI is InChI=1S/C24H30N2O2S/c1-2-28-15-9-14-22-23-21(18-29-22)25(16-19-10-5-3-6-11-19)24(27)26(23)17-20-12-7-4-8-13-20/h3-8,10-13,21-23H,2,9,14-18H2,1H3/t21-,22?,23-/m1/s1. The van der Waals surface area contributed by atoms with Crippen molar-refractivity contribution in [3.05, 3.63) is 71.8 Å². The lowest BCUT2D eigenvalue weighted by Crippen LogP contribution is -2.40. The van der Waals surface area contributed by atoms with E-state index in [1.165, 1.54) is 11.1 Å². The largest absolute Gasteiger partial charge is 0.382 e. The van der Waals surface area contributed by atoms with E-state index in [1.807, 2.05) is 30.8 Å². The molecule has 2 heterocycles. The molecule has 2 aliphatic rings. The first kappa shape index (κ1) is 20.3. The zero-order valence-electron chi connectivity index (χ0n) is 17.1. The molecule has 2 saturated heterocycles. The third kappa shape index (κ3) is 4.62. The molecular weight excluding hydrogens is 380 g/mol. The molecule has 0 spiro atoms. The Labute approximate surface area is 178 Å². The third-order valence-electron chi connectivity index (χ3n) is 5.88. The number of nitrogens with zero attached hydrogens (tertiary/aromatic N) is 2. The average Bonchev–Trinajstić information content (AvgIpc) is 3.27. The fraction of sp³-hybridized carbons (Fsp3) is 0.458. The number of thioether (sulfide) groups is 1. The minimum atomic E-state index is 0.183. The Hall–Kier alpha value is -1.98. The molecule has 0 radical (unpaired) electrons. The zero-order chi connectivity index (χ0) is 20.1. The van der Waals surface area contributed by atoms with Gasteiger partial charge in [-0.1, -0.05) is 60.7 Å². The van der Waals surface area contributed by atoms with Gasteiger partial charge in [0, 0.05) is 37.3 Å². The Balaban J connectivity index is 1.53. The highest BCUT2D eigenvalue weighted by Gasteiger charge is 2.52. The van der Waals surface area contributed by atoms with E-state index in [2.05, 4.69) is 58.3 Å². The quantitative estimate of drug-likeness (QED) is 0.440. The van der Waals surface area contributed by atoms with E-state index in [-0.39, 0.29) is 18.1 Å². The summed E-state index contributed by atoms with van der Waals surface area (Å²) in [4.78, 5) is 17.7. The number of carbonyl (C=O) groups is 1. The van der Waals surface area contributed by atoms with Gasteiger partial charge >= 0.3 is 6.03 Å². The number of urea groups is 1. The molecule has 29 heavy (non-hydrogen) atoms. The zero-order valence-corrected chi connectivity index (χ0v) is 17.9. The predicted molar refractivity (Wildman–Crippen MR) is 119 cm³/mol. The molecule has 0 saturated carbocycles. The van der Waals surface area contributed by atoms with Gasteiger partial charge in [-0.2, -0.15) is 11.8 Å². The topological polar surface area (TPSA) is 32.8 Å². The molecule has 0 bridgehead atoms. The van der Waals surface area contributed by atoms with Crippen LogP contribution in [0.1, 0.15) is 30.9 Å². The lowest BCUT2D eigenvalue weighted by Gasteiger charge is -2.27. The molecule has 1 unspecified atom stereocenters. The molecular formula is C24H30N2O2S. The minimum absolute atomic E-state index is 0.183. The molecule has 2 aromatic carbocycles. The van der Waals surface area contributed by atoms with Gasteiger partial charge in [0.05, 0.1) is 12.1 Å². The maximum Gasteiger partial charge on any atom is 0.321 e. The molecule has 0 N–H and O–H groups in total. The highest BCUT2D eigenvalue weighted by Crippen LogP contribution is 2.42. The molecule has 0 aliphatic carbocycles. The number of ether oxygens (including phenoxy) is 1. The fourth-order valence-electron chi connectivity index (χ4n) is 4.49. The molecule has 5 heteroatoms. The second-order valence-corrected chi connectivity index (χ2v) is 9.05.